The fraction of sp³-hybridized carbons (Fsp3) is 0.273. The number of aromatic nitrogens is 2. The molecule has 11 heteroatoms. The van der Waals surface area contributed by atoms with Crippen LogP contribution in [0.3, 0.4) is 0 Å². The van der Waals surface area contributed by atoms with Crippen LogP contribution in [0.1, 0.15) is 28.3 Å². The number of piperidine rings is 1. The lowest BCUT2D eigenvalue weighted by Gasteiger charge is -2.33. The van der Waals surface area contributed by atoms with E-state index in [1.54, 1.807) is 17.9 Å². The summed E-state index contributed by atoms with van der Waals surface area (Å²) in [5, 5.41) is 10.0. The number of benzene rings is 2. The summed E-state index contributed by atoms with van der Waals surface area (Å²) in [5.74, 6) is -3.59. The van der Waals surface area contributed by atoms with Gasteiger partial charge in [-0.15, -0.1) is 12.4 Å². The van der Waals surface area contributed by atoms with E-state index in [-0.39, 0.29) is 28.9 Å². The lowest BCUT2D eigenvalue weighted by Crippen LogP contribution is -2.50. The number of hydrogen-bond acceptors (Lipinski definition) is 3. The SMILES string of the molecule is Cl.Cn1ncc(Br)c1-c1cc(F)c(C(=O)N[C@@H]2CNCC[C@H]2c2ccc(F)c(F)c2)c(Cl)c1. The molecule has 1 aliphatic rings. The maximum absolute atomic E-state index is 15.0. The topological polar surface area (TPSA) is 59.0 Å². The Labute approximate surface area is 208 Å². The molecule has 0 saturated carbocycles. The van der Waals surface area contributed by atoms with Crippen LogP contribution in [0.5, 0.6) is 0 Å². The molecule has 0 unspecified atom stereocenters. The summed E-state index contributed by atoms with van der Waals surface area (Å²) in [4.78, 5) is 13.0. The van der Waals surface area contributed by atoms with E-state index in [4.69, 9.17) is 11.6 Å². The largest absolute Gasteiger partial charge is 0.347 e. The fourth-order valence-corrected chi connectivity index (χ4v) is 4.93. The maximum atomic E-state index is 15.0. The molecule has 33 heavy (non-hydrogen) atoms. The van der Waals surface area contributed by atoms with E-state index in [1.165, 1.54) is 18.2 Å². The van der Waals surface area contributed by atoms with Crippen LogP contribution in [0.25, 0.3) is 11.3 Å². The molecule has 5 nitrogen and oxygen atoms in total. The van der Waals surface area contributed by atoms with Crippen LogP contribution in [0.2, 0.25) is 5.02 Å². The smallest absolute Gasteiger partial charge is 0.256 e. The number of nitrogens with one attached hydrogen (secondary N) is 2. The molecule has 1 aromatic heterocycles. The monoisotopic (exact) mass is 562 g/mol. The quantitative estimate of drug-likeness (QED) is 0.458. The Hall–Kier alpha value is -2.07. The summed E-state index contributed by atoms with van der Waals surface area (Å²) in [6.45, 7) is 1.05. The number of carbonyl (C=O) groups is 1. The van der Waals surface area contributed by atoms with Gasteiger partial charge in [-0.3, -0.25) is 9.48 Å². The molecule has 0 bridgehead atoms. The van der Waals surface area contributed by atoms with Crippen molar-refractivity contribution in [3.63, 3.8) is 0 Å². The maximum Gasteiger partial charge on any atom is 0.256 e. The molecule has 1 saturated heterocycles. The van der Waals surface area contributed by atoms with E-state index in [2.05, 4.69) is 31.7 Å². The lowest BCUT2D eigenvalue weighted by atomic mass is 9.85. The molecule has 1 fully saturated rings. The highest BCUT2D eigenvalue weighted by Crippen LogP contribution is 2.33. The van der Waals surface area contributed by atoms with Crippen LogP contribution < -0.4 is 10.6 Å². The number of aryl methyl sites for hydroxylation is 1. The molecule has 1 amide bonds. The fourth-order valence-electron chi connectivity index (χ4n) is 4.05. The van der Waals surface area contributed by atoms with Gasteiger partial charge < -0.3 is 10.6 Å². The van der Waals surface area contributed by atoms with Crippen molar-refractivity contribution in [2.75, 3.05) is 13.1 Å². The van der Waals surface area contributed by atoms with Gasteiger partial charge in [-0.25, -0.2) is 13.2 Å². The Morgan fingerprint density at radius 1 is 1.21 bits per heavy atom. The molecular formula is C22H20BrCl2F3N4O. The highest BCUT2D eigenvalue weighted by molar-refractivity contribution is 9.10. The first-order valence-electron chi connectivity index (χ1n) is 9.89. The third-order valence-electron chi connectivity index (χ3n) is 5.61. The second-order valence-corrected chi connectivity index (χ2v) is 8.89. The van der Waals surface area contributed by atoms with Crippen LogP contribution in [0.15, 0.2) is 41.0 Å². The van der Waals surface area contributed by atoms with Crippen molar-refractivity contribution in [2.24, 2.45) is 7.05 Å². The van der Waals surface area contributed by atoms with E-state index >= 15 is 0 Å². The highest BCUT2D eigenvalue weighted by atomic mass is 79.9. The van der Waals surface area contributed by atoms with Crippen molar-refractivity contribution in [3.8, 4) is 11.3 Å². The van der Waals surface area contributed by atoms with E-state index in [1.807, 2.05) is 0 Å². The summed E-state index contributed by atoms with van der Waals surface area (Å²) < 4.78 is 44.3. The van der Waals surface area contributed by atoms with Gasteiger partial charge in [0.05, 0.1) is 26.9 Å². The van der Waals surface area contributed by atoms with Crippen LogP contribution in [-0.2, 0) is 7.05 Å². The van der Waals surface area contributed by atoms with Crippen molar-refractivity contribution in [3.05, 3.63) is 74.6 Å². The molecule has 2 heterocycles. The van der Waals surface area contributed by atoms with Gasteiger partial charge in [0.1, 0.15) is 5.82 Å². The van der Waals surface area contributed by atoms with Gasteiger partial charge >= 0.3 is 0 Å². The average Bonchev–Trinajstić information content (AvgIpc) is 3.08. The second-order valence-electron chi connectivity index (χ2n) is 7.63. The molecule has 4 rings (SSSR count). The summed E-state index contributed by atoms with van der Waals surface area (Å²) >= 11 is 9.68. The first kappa shape index (κ1) is 25.6. The third kappa shape index (κ3) is 5.21. The first-order chi connectivity index (χ1) is 15.3. The zero-order valence-electron chi connectivity index (χ0n) is 17.3. The molecule has 2 atom stereocenters. The number of carbonyl (C=O) groups excluding carboxylic acids is 1. The molecule has 0 aliphatic carbocycles. The zero-order valence-corrected chi connectivity index (χ0v) is 20.5. The minimum absolute atomic E-state index is 0. The van der Waals surface area contributed by atoms with Crippen LogP contribution >= 0.6 is 39.9 Å². The van der Waals surface area contributed by atoms with Gasteiger partial charge in [0, 0.05) is 31.1 Å². The van der Waals surface area contributed by atoms with E-state index in [0.29, 0.717) is 40.8 Å². The number of amides is 1. The summed E-state index contributed by atoms with van der Waals surface area (Å²) in [6, 6.07) is 5.99. The molecule has 0 spiro atoms. The molecule has 0 radical (unpaired) electrons. The van der Waals surface area contributed by atoms with Crippen molar-refractivity contribution in [1.82, 2.24) is 20.4 Å². The van der Waals surface area contributed by atoms with Crippen LogP contribution in [0, 0.1) is 17.5 Å². The van der Waals surface area contributed by atoms with Crippen molar-refractivity contribution < 1.29 is 18.0 Å². The van der Waals surface area contributed by atoms with E-state index < -0.39 is 29.4 Å². The Kier molecular flexibility index (Phi) is 8.10. The minimum atomic E-state index is -0.947. The van der Waals surface area contributed by atoms with Crippen molar-refractivity contribution in [1.29, 1.82) is 0 Å². The number of nitrogens with zero attached hydrogens (tertiary/aromatic N) is 2. The number of halogens is 6. The van der Waals surface area contributed by atoms with Crippen molar-refractivity contribution in [2.45, 2.75) is 18.4 Å². The zero-order chi connectivity index (χ0) is 23.0. The summed E-state index contributed by atoms with van der Waals surface area (Å²) in [5.41, 5.74) is 1.38. The Balaban J connectivity index is 0.00000306. The first-order valence-corrected chi connectivity index (χ1v) is 11.1. The Morgan fingerprint density at radius 3 is 2.61 bits per heavy atom. The minimum Gasteiger partial charge on any atom is -0.347 e. The average molecular weight is 564 g/mol. The normalized spacial score (nSPS) is 18.0. The van der Waals surface area contributed by atoms with E-state index in [0.717, 1.165) is 12.1 Å². The Morgan fingerprint density at radius 2 is 1.97 bits per heavy atom. The van der Waals surface area contributed by atoms with Gasteiger partial charge in [0.25, 0.3) is 5.91 Å². The molecule has 3 aromatic rings. The van der Waals surface area contributed by atoms with Gasteiger partial charge in [-0.2, -0.15) is 5.10 Å². The van der Waals surface area contributed by atoms with Gasteiger partial charge in [0.2, 0.25) is 0 Å². The van der Waals surface area contributed by atoms with Gasteiger partial charge in [-0.05, 0) is 58.7 Å². The molecule has 2 aromatic carbocycles. The van der Waals surface area contributed by atoms with Crippen LogP contribution in [0.4, 0.5) is 13.2 Å². The van der Waals surface area contributed by atoms with Gasteiger partial charge in [0.15, 0.2) is 11.6 Å². The van der Waals surface area contributed by atoms with Crippen LogP contribution in [-0.4, -0.2) is 34.8 Å². The predicted octanol–water partition coefficient (Wildman–Crippen LogP) is 5.22. The standard InChI is InChI=1S/C22H19BrClF3N4O.ClH/c1-31-21(14(23)9-29-31)12-6-15(24)20(18(27)8-12)22(32)30-19-10-28-5-4-13(19)11-2-3-16(25)17(26)7-11;/h2-3,6-9,13,19,28H,4-5,10H2,1H3,(H,30,32);1H/t13-,19+;/m0./s1. The molecule has 2 N–H and O–H groups in total. The number of hydrogen-bond donors (Lipinski definition) is 2. The molecule has 1 aliphatic heterocycles. The highest BCUT2D eigenvalue weighted by Gasteiger charge is 2.30. The third-order valence-corrected chi connectivity index (χ3v) is 6.49. The molecular weight excluding hydrogens is 544 g/mol. The second kappa shape index (κ2) is 10.5. The molecule has 176 valence electrons. The number of rotatable bonds is 4. The summed E-state index contributed by atoms with van der Waals surface area (Å²) in [6.07, 6.45) is 2.18. The Bertz CT molecular complexity index is 1150. The summed E-state index contributed by atoms with van der Waals surface area (Å²) in [7, 11) is 1.71. The lowest BCUT2D eigenvalue weighted by molar-refractivity contribution is 0.0920. The van der Waals surface area contributed by atoms with E-state index in [9.17, 15) is 18.0 Å². The van der Waals surface area contributed by atoms with Gasteiger partial charge in [-0.1, -0.05) is 17.7 Å². The van der Waals surface area contributed by atoms with Crippen molar-refractivity contribution >= 4 is 45.8 Å². The predicted molar refractivity (Wildman–Crippen MR) is 126 cm³/mol.